The summed E-state index contributed by atoms with van der Waals surface area (Å²) in [6, 6.07) is 7.10. The molecule has 0 fully saturated rings. The van der Waals surface area contributed by atoms with Crippen LogP contribution in [0.1, 0.15) is 13.8 Å². The van der Waals surface area contributed by atoms with Crippen molar-refractivity contribution in [2.75, 3.05) is 5.73 Å². The molecule has 0 bridgehead atoms. The normalized spacial score (nSPS) is 10.8. The third-order valence-electron chi connectivity index (χ3n) is 2.23. The molecule has 18 heavy (non-hydrogen) atoms. The molecule has 0 saturated carbocycles. The summed E-state index contributed by atoms with van der Waals surface area (Å²) in [4.78, 5) is 15.9. The van der Waals surface area contributed by atoms with Gasteiger partial charge in [-0.15, -0.1) is 0 Å². The van der Waals surface area contributed by atoms with Gasteiger partial charge >= 0.3 is 5.56 Å². The van der Waals surface area contributed by atoms with Crippen LogP contribution in [-0.2, 0) is 0 Å². The smallest absolute Gasteiger partial charge is 0.300 e. The lowest BCUT2D eigenvalue weighted by Gasteiger charge is -2.05. The minimum Gasteiger partial charge on any atom is -0.398 e. The maximum absolute atomic E-state index is 11.9. The highest BCUT2D eigenvalue weighted by Crippen LogP contribution is 2.21. The van der Waals surface area contributed by atoms with Gasteiger partial charge in [-0.1, -0.05) is 43.8 Å². The molecule has 1 heterocycles. The van der Waals surface area contributed by atoms with Gasteiger partial charge in [0.1, 0.15) is 0 Å². The van der Waals surface area contributed by atoms with E-state index in [1.165, 1.54) is 11.8 Å². The summed E-state index contributed by atoms with van der Waals surface area (Å²) in [5, 5.41) is 7.70. The molecular formula is C12H14N4OS. The maximum Gasteiger partial charge on any atom is 0.300 e. The van der Waals surface area contributed by atoms with Gasteiger partial charge in [0.2, 0.25) is 0 Å². The predicted molar refractivity (Wildman–Crippen MR) is 73.5 cm³/mol. The number of nitrogens with zero attached hydrogens (tertiary/aromatic N) is 2. The molecule has 0 amide bonds. The van der Waals surface area contributed by atoms with Crippen molar-refractivity contribution in [3.63, 3.8) is 0 Å². The second kappa shape index (κ2) is 5.22. The zero-order valence-electron chi connectivity index (χ0n) is 10.2. The van der Waals surface area contributed by atoms with Gasteiger partial charge in [0.15, 0.2) is 10.9 Å². The fraction of sp³-hybridized carbons (Fsp3) is 0.250. The van der Waals surface area contributed by atoms with Crippen LogP contribution in [0, 0.1) is 0 Å². The first-order valence-electron chi connectivity index (χ1n) is 5.56. The number of anilines is 1. The zero-order valence-corrected chi connectivity index (χ0v) is 11.0. The van der Waals surface area contributed by atoms with Crippen LogP contribution in [0.2, 0.25) is 0 Å². The van der Waals surface area contributed by atoms with E-state index in [1.54, 1.807) is 12.1 Å². The predicted octanol–water partition coefficient (Wildman–Crippen LogP) is 1.91. The van der Waals surface area contributed by atoms with Gasteiger partial charge in [-0.3, -0.25) is 9.89 Å². The van der Waals surface area contributed by atoms with Gasteiger partial charge in [0, 0.05) is 16.5 Å². The van der Waals surface area contributed by atoms with Crippen LogP contribution in [-0.4, -0.2) is 20.4 Å². The monoisotopic (exact) mass is 262 g/mol. The molecular weight excluding hydrogens is 248 g/mol. The minimum absolute atomic E-state index is 0.251. The van der Waals surface area contributed by atoms with E-state index < -0.39 is 0 Å². The zero-order chi connectivity index (χ0) is 13.1. The van der Waals surface area contributed by atoms with Crippen molar-refractivity contribution in [1.29, 1.82) is 0 Å². The third-order valence-corrected chi connectivity index (χ3v) is 3.11. The molecule has 1 aromatic carbocycles. The summed E-state index contributed by atoms with van der Waals surface area (Å²) in [6.45, 7) is 4.04. The van der Waals surface area contributed by atoms with Crippen molar-refractivity contribution in [2.24, 2.45) is 0 Å². The Morgan fingerprint density at radius 3 is 2.67 bits per heavy atom. The van der Waals surface area contributed by atoms with Crippen molar-refractivity contribution in [2.45, 2.75) is 24.3 Å². The van der Waals surface area contributed by atoms with E-state index in [9.17, 15) is 4.79 Å². The quantitative estimate of drug-likeness (QED) is 0.652. The van der Waals surface area contributed by atoms with Gasteiger partial charge < -0.3 is 5.73 Å². The molecule has 94 valence electrons. The number of rotatable bonds is 3. The highest BCUT2D eigenvalue weighted by atomic mass is 32.2. The summed E-state index contributed by atoms with van der Waals surface area (Å²) in [7, 11) is 0. The van der Waals surface area contributed by atoms with Crippen LogP contribution in [0.25, 0.3) is 11.3 Å². The molecule has 0 radical (unpaired) electrons. The lowest BCUT2D eigenvalue weighted by Crippen LogP contribution is -2.15. The molecule has 0 aliphatic heterocycles. The molecule has 0 aliphatic carbocycles. The molecule has 2 rings (SSSR count). The van der Waals surface area contributed by atoms with Gasteiger partial charge in [-0.05, 0) is 6.07 Å². The van der Waals surface area contributed by atoms with Crippen molar-refractivity contribution >= 4 is 17.4 Å². The Kier molecular flexibility index (Phi) is 3.66. The van der Waals surface area contributed by atoms with E-state index in [0.717, 1.165) is 0 Å². The highest BCUT2D eigenvalue weighted by Gasteiger charge is 2.11. The average molecular weight is 262 g/mol. The molecule has 6 heteroatoms. The number of para-hydroxylation sites is 1. The van der Waals surface area contributed by atoms with Crippen molar-refractivity contribution < 1.29 is 0 Å². The van der Waals surface area contributed by atoms with Crippen molar-refractivity contribution in [1.82, 2.24) is 15.2 Å². The second-order valence-corrected chi connectivity index (χ2v) is 5.61. The summed E-state index contributed by atoms with van der Waals surface area (Å²) >= 11 is 1.46. The van der Waals surface area contributed by atoms with E-state index in [-0.39, 0.29) is 11.3 Å². The Morgan fingerprint density at radius 2 is 2.06 bits per heavy atom. The van der Waals surface area contributed by atoms with Gasteiger partial charge in [0.25, 0.3) is 0 Å². The first-order chi connectivity index (χ1) is 8.58. The second-order valence-electron chi connectivity index (χ2n) is 4.05. The number of aromatic nitrogens is 3. The molecule has 0 saturated heterocycles. The molecule has 5 nitrogen and oxygen atoms in total. The van der Waals surface area contributed by atoms with Crippen molar-refractivity contribution in [3.8, 4) is 11.3 Å². The molecule has 2 aromatic rings. The Labute approximate surface area is 109 Å². The number of nitrogen functional groups attached to an aromatic ring is 1. The van der Waals surface area contributed by atoms with E-state index in [1.807, 2.05) is 26.0 Å². The molecule has 1 aromatic heterocycles. The lowest BCUT2D eigenvalue weighted by molar-refractivity contribution is 0.820. The Morgan fingerprint density at radius 1 is 1.33 bits per heavy atom. The number of benzene rings is 1. The number of nitrogens with two attached hydrogens (primary N) is 1. The SMILES string of the molecule is CC(C)Sc1nc(=O)c(-c2ccccc2N)n[nH]1. The summed E-state index contributed by atoms with van der Waals surface area (Å²) < 4.78 is 0. The van der Waals surface area contributed by atoms with Gasteiger partial charge in [0.05, 0.1) is 0 Å². The minimum atomic E-state index is -0.366. The van der Waals surface area contributed by atoms with E-state index in [0.29, 0.717) is 21.7 Å². The van der Waals surface area contributed by atoms with Crippen LogP contribution in [0.5, 0.6) is 0 Å². The standard InChI is InChI=1S/C12H14N4OS/c1-7(2)18-12-14-11(17)10(15-16-12)8-5-3-4-6-9(8)13/h3-7H,13H2,1-2H3,(H,14,16,17). The maximum atomic E-state index is 11.9. The topological polar surface area (TPSA) is 84.7 Å². The molecule has 3 N–H and O–H groups in total. The third kappa shape index (κ3) is 2.70. The number of aromatic amines is 1. The number of hydrogen-bond acceptors (Lipinski definition) is 5. The Balaban J connectivity index is 2.43. The van der Waals surface area contributed by atoms with Crippen LogP contribution < -0.4 is 11.3 Å². The summed E-state index contributed by atoms with van der Waals surface area (Å²) in [5.41, 5.74) is 6.82. The number of hydrogen-bond donors (Lipinski definition) is 2. The van der Waals surface area contributed by atoms with E-state index in [2.05, 4.69) is 15.2 Å². The van der Waals surface area contributed by atoms with Crippen LogP contribution in [0.15, 0.2) is 34.2 Å². The number of H-pyrrole nitrogens is 1. The van der Waals surface area contributed by atoms with E-state index in [4.69, 9.17) is 5.73 Å². The molecule has 0 atom stereocenters. The highest BCUT2D eigenvalue weighted by molar-refractivity contribution is 7.99. The Hall–Kier alpha value is -1.82. The summed E-state index contributed by atoms with van der Waals surface area (Å²) in [6.07, 6.45) is 0. The first-order valence-corrected chi connectivity index (χ1v) is 6.44. The van der Waals surface area contributed by atoms with Crippen LogP contribution in [0.3, 0.4) is 0 Å². The van der Waals surface area contributed by atoms with Crippen LogP contribution in [0.4, 0.5) is 5.69 Å². The van der Waals surface area contributed by atoms with Gasteiger partial charge in [-0.25, -0.2) is 0 Å². The number of nitrogens with one attached hydrogen (secondary N) is 1. The summed E-state index contributed by atoms with van der Waals surface area (Å²) in [5.74, 6) is 0. The van der Waals surface area contributed by atoms with Crippen LogP contribution >= 0.6 is 11.8 Å². The largest absolute Gasteiger partial charge is 0.398 e. The first kappa shape index (κ1) is 12.6. The van der Waals surface area contributed by atoms with Gasteiger partial charge in [-0.2, -0.15) is 10.1 Å². The lowest BCUT2D eigenvalue weighted by atomic mass is 10.1. The molecule has 0 aliphatic rings. The fourth-order valence-electron chi connectivity index (χ4n) is 1.49. The van der Waals surface area contributed by atoms with E-state index >= 15 is 0 Å². The average Bonchev–Trinajstić information content (AvgIpc) is 2.30. The molecule has 0 spiro atoms. The number of thioether (sulfide) groups is 1. The fourth-order valence-corrected chi connectivity index (χ4v) is 2.17. The molecule has 0 unspecified atom stereocenters. The Bertz CT molecular complexity index is 609. The van der Waals surface area contributed by atoms with Crippen molar-refractivity contribution in [3.05, 3.63) is 34.6 Å².